The van der Waals surface area contributed by atoms with E-state index in [9.17, 15) is 0 Å². The zero-order valence-electron chi connectivity index (χ0n) is 10.6. The smallest absolute Gasteiger partial charge is 0.131 e. The van der Waals surface area contributed by atoms with E-state index < -0.39 is 0 Å². The molecule has 0 aliphatic carbocycles. The summed E-state index contributed by atoms with van der Waals surface area (Å²) in [7, 11) is 1.86. The minimum Gasteiger partial charge on any atom is -0.373 e. The summed E-state index contributed by atoms with van der Waals surface area (Å²) in [5.74, 6) is 2.48. The first-order valence-electron chi connectivity index (χ1n) is 5.88. The van der Waals surface area contributed by atoms with Crippen LogP contribution in [0.1, 0.15) is 33.6 Å². The van der Waals surface area contributed by atoms with Gasteiger partial charge in [-0.15, -0.1) is 0 Å². The van der Waals surface area contributed by atoms with E-state index in [1.54, 1.807) is 6.33 Å². The van der Waals surface area contributed by atoms with Crippen LogP contribution in [0.5, 0.6) is 0 Å². The lowest BCUT2D eigenvalue weighted by atomic mass is 10.0. The van der Waals surface area contributed by atoms with Gasteiger partial charge in [0, 0.05) is 19.2 Å². The van der Waals surface area contributed by atoms with Crippen molar-refractivity contribution in [2.45, 2.75) is 39.7 Å². The lowest BCUT2D eigenvalue weighted by Gasteiger charge is -2.15. The lowest BCUT2D eigenvalue weighted by molar-refractivity contribution is 0.527. The Morgan fingerprint density at radius 2 is 1.81 bits per heavy atom. The molecule has 1 rings (SSSR count). The molecule has 1 unspecified atom stereocenters. The first-order valence-corrected chi connectivity index (χ1v) is 5.88. The Balaban J connectivity index is 2.45. The fourth-order valence-electron chi connectivity index (χ4n) is 1.48. The molecule has 4 heteroatoms. The molecule has 0 saturated heterocycles. The zero-order chi connectivity index (χ0) is 12.0. The molecular weight excluding hydrogens is 200 g/mol. The highest BCUT2D eigenvalue weighted by Gasteiger charge is 2.05. The van der Waals surface area contributed by atoms with Crippen LogP contribution in [-0.2, 0) is 0 Å². The van der Waals surface area contributed by atoms with Gasteiger partial charge in [-0.05, 0) is 25.7 Å². The molecule has 0 bridgehead atoms. The van der Waals surface area contributed by atoms with Crippen molar-refractivity contribution >= 4 is 11.6 Å². The average Bonchev–Trinajstić information content (AvgIpc) is 2.26. The number of rotatable bonds is 6. The summed E-state index contributed by atoms with van der Waals surface area (Å²) in [5, 5.41) is 6.38. The monoisotopic (exact) mass is 222 g/mol. The van der Waals surface area contributed by atoms with Crippen molar-refractivity contribution in [2.24, 2.45) is 5.92 Å². The SMILES string of the molecule is CNc1cc(NC(C)CCC(C)C)ncn1. The molecule has 0 aromatic carbocycles. The highest BCUT2D eigenvalue weighted by molar-refractivity contribution is 5.46. The van der Waals surface area contributed by atoms with Crippen LogP contribution in [0, 0.1) is 5.92 Å². The van der Waals surface area contributed by atoms with Crippen LogP contribution in [0.3, 0.4) is 0 Å². The highest BCUT2D eigenvalue weighted by atomic mass is 15.1. The van der Waals surface area contributed by atoms with Crippen LogP contribution in [0.25, 0.3) is 0 Å². The number of aromatic nitrogens is 2. The first-order chi connectivity index (χ1) is 7.61. The largest absolute Gasteiger partial charge is 0.373 e. The standard InChI is InChI=1S/C12H22N4/c1-9(2)5-6-10(3)16-12-7-11(13-4)14-8-15-12/h7-10H,5-6H2,1-4H3,(H2,13,14,15,16). The number of nitrogens with zero attached hydrogens (tertiary/aromatic N) is 2. The molecule has 1 aromatic rings. The molecule has 0 radical (unpaired) electrons. The lowest BCUT2D eigenvalue weighted by Crippen LogP contribution is -2.16. The van der Waals surface area contributed by atoms with Gasteiger partial charge < -0.3 is 10.6 Å². The van der Waals surface area contributed by atoms with E-state index in [-0.39, 0.29) is 0 Å². The van der Waals surface area contributed by atoms with Gasteiger partial charge in [0.25, 0.3) is 0 Å². The van der Waals surface area contributed by atoms with E-state index in [4.69, 9.17) is 0 Å². The molecule has 2 N–H and O–H groups in total. The second kappa shape index (κ2) is 6.30. The van der Waals surface area contributed by atoms with Gasteiger partial charge in [-0.1, -0.05) is 13.8 Å². The maximum atomic E-state index is 4.19. The Hall–Kier alpha value is -1.32. The predicted molar refractivity (Wildman–Crippen MR) is 68.7 cm³/mol. The molecule has 0 aliphatic heterocycles. The third kappa shape index (κ3) is 4.47. The molecule has 0 amide bonds. The minimum atomic E-state index is 0.446. The van der Waals surface area contributed by atoms with Crippen LogP contribution in [0.2, 0.25) is 0 Å². The second-order valence-electron chi connectivity index (χ2n) is 4.56. The topological polar surface area (TPSA) is 49.8 Å². The zero-order valence-corrected chi connectivity index (χ0v) is 10.6. The van der Waals surface area contributed by atoms with Crippen molar-refractivity contribution in [1.29, 1.82) is 0 Å². The Morgan fingerprint density at radius 1 is 1.12 bits per heavy atom. The Kier molecular flexibility index (Phi) is 5.02. The molecule has 1 atom stereocenters. The van der Waals surface area contributed by atoms with Crippen LogP contribution in [0.15, 0.2) is 12.4 Å². The Labute approximate surface area is 97.9 Å². The molecule has 0 aliphatic rings. The maximum absolute atomic E-state index is 4.19. The van der Waals surface area contributed by atoms with Gasteiger partial charge in [-0.25, -0.2) is 9.97 Å². The fourth-order valence-corrected chi connectivity index (χ4v) is 1.48. The number of anilines is 2. The van der Waals surface area contributed by atoms with Gasteiger partial charge in [0.2, 0.25) is 0 Å². The van der Waals surface area contributed by atoms with E-state index in [1.165, 1.54) is 6.42 Å². The van der Waals surface area contributed by atoms with Crippen molar-refractivity contribution in [1.82, 2.24) is 9.97 Å². The van der Waals surface area contributed by atoms with E-state index >= 15 is 0 Å². The summed E-state index contributed by atoms with van der Waals surface area (Å²) in [6.07, 6.45) is 3.97. The maximum Gasteiger partial charge on any atom is 0.131 e. The molecule has 16 heavy (non-hydrogen) atoms. The van der Waals surface area contributed by atoms with Gasteiger partial charge in [-0.3, -0.25) is 0 Å². The Bertz CT molecular complexity index is 312. The van der Waals surface area contributed by atoms with Crippen LogP contribution >= 0.6 is 0 Å². The molecule has 1 aromatic heterocycles. The van der Waals surface area contributed by atoms with Crippen molar-refractivity contribution in [3.63, 3.8) is 0 Å². The van der Waals surface area contributed by atoms with Crippen LogP contribution < -0.4 is 10.6 Å². The molecule has 0 fully saturated rings. The third-order valence-corrected chi connectivity index (χ3v) is 2.49. The van der Waals surface area contributed by atoms with Crippen molar-refractivity contribution < 1.29 is 0 Å². The summed E-state index contributed by atoms with van der Waals surface area (Å²) < 4.78 is 0. The molecule has 0 spiro atoms. The summed E-state index contributed by atoms with van der Waals surface area (Å²) in [6.45, 7) is 6.68. The van der Waals surface area contributed by atoms with E-state index in [0.29, 0.717) is 6.04 Å². The van der Waals surface area contributed by atoms with E-state index in [1.807, 2.05) is 13.1 Å². The van der Waals surface area contributed by atoms with Crippen molar-refractivity contribution in [3.05, 3.63) is 12.4 Å². The number of nitrogens with one attached hydrogen (secondary N) is 2. The number of hydrogen-bond donors (Lipinski definition) is 2. The molecular formula is C12H22N4. The van der Waals surface area contributed by atoms with Gasteiger partial charge in [-0.2, -0.15) is 0 Å². The van der Waals surface area contributed by atoms with Gasteiger partial charge in [0.05, 0.1) is 0 Å². The Morgan fingerprint density at radius 3 is 2.44 bits per heavy atom. The third-order valence-electron chi connectivity index (χ3n) is 2.49. The molecule has 90 valence electrons. The van der Waals surface area contributed by atoms with Gasteiger partial charge in [0.15, 0.2) is 0 Å². The van der Waals surface area contributed by atoms with Crippen LogP contribution in [-0.4, -0.2) is 23.1 Å². The van der Waals surface area contributed by atoms with Gasteiger partial charge in [0.1, 0.15) is 18.0 Å². The van der Waals surface area contributed by atoms with Crippen molar-refractivity contribution in [2.75, 3.05) is 17.7 Å². The summed E-state index contributed by atoms with van der Waals surface area (Å²) >= 11 is 0. The van der Waals surface area contributed by atoms with E-state index in [0.717, 1.165) is 24.0 Å². The number of hydrogen-bond acceptors (Lipinski definition) is 4. The first kappa shape index (κ1) is 12.7. The molecule has 1 heterocycles. The minimum absolute atomic E-state index is 0.446. The van der Waals surface area contributed by atoms with Gasteiger partial charge >= 0.3 is 0 Å². The predicted octanol–water partition coefficient (Wildman–Crippen LogP) is 2.75. The highest BCUT2D eigenvalue weighted by Crippen LogP contribution is 2.12. The quantitative estimate of drug-likeness (QED) is 0.777. The summed E-state index contributed by atoms with van der Waals surface area (Å²) in [5.41, 5.74) is 0. The second-order valence-corrected chi connectivity index (χ2v) is 4.56. The normalized spacial score (nSPS) is 12.6. The summed E-state index contributed by atoms with van der Waals surface area (Å²) in [4.78, 5) is 8.27. The average molecular weight is 222 g/mol. The van der Waals surface area contributed by atoms with E-state index in [2.05, 4.69) is 41.4 Å². The van der Waals surface area contributed by atoms with Crippen LogP contribution in [0.4, 0.5) is 11.6 Å². The fraction of sp³-hybridized carbons (Fsp3) is 0.667. The van der Waals surface area contributed by atoms with Crippen molar-refractivity contribution in [3.8, 4) is 0 Å². The molecule has 4 nitrogen and oxygen atoms in total. The molecule has 0 saturated carbocycles. The summed E-state index contributed by atoms with van der Waals surface area (Å²) in [6, 6.07) is 2.37.